The highest BCUT2D eigenvalue weighted by atomic mass is 16.5. The van der Waals surface area contributed by atoms with E-state index in [4.69, 9.17) is 4.74 Å². The molecule has 0 amide bonds. The first-order valence-corrected chi connectivity index (χ1v) is 6.07. The topological polar surface area (TPSA) is 9.23 Å². The van der Waals surface area contributed by atoms with Gasteiger partial charge in [0.1, 0.15) is 5.75 Å². The van der Waals surface area contributed by atoms with Gasteiger partial charge in [-0.2, -0.15) is 0 Å². The summed E-state index contributed by atoms with van der Waals surface area (Å²) in [6, 6.07) is 19.2. The molecule has 1 nitrogen and oxygen atoms in total. The molecule has 0 aromatic heterocycles. The van der Waals surface area contributed by atoms with Crippen LogP contribution in [0.4, 0.5) is 0 Å². The molecule has 0 heterocycles. The fraction of sp³-hybridized carbons (Fsp3) is 0.250. The molecule has 2 aromatic carbocycles. The Labute approximate surface area is 102 Å². The van der Waals surface area contributed by atoms with Crippen molar-refractivity contribution in [2.75, 3.05) is 7.11 Å². The van der Waals surface area contributed by atoms with Crippen LogP contribution in [0.15, 0.2) is 54.6 Å². The van der Waals surface area contributed by atoms with Crippen LogP contribution < -0.4 is 4.74 Å². The van der Waals surface area contributed by atoms with E-state index >= 15 is 0 Å². The molecule has 0 unspecified atom stereocenters. The van der Waals surface area contributed by atoms with Crippen LogP contribution in [0.3, 0.4) is 0 Å². The monoisotopic (exact) mass is 224 g/mol. The van der Waals surface area contributed by atoms with Crippen molar-refractivity contribution in [2.24, 2.45) is 0 Å². The maximum absolute atomic E-state index is 5.27. The Morgan fingerprint density at radius 3 is 2.35 bits per heavy atom. The lowest BCUT2D eigenvalue weighted by Gasteiger charge is -2.04. The lowest BCUT2D eigenvalue weighted by molar-refractivity contribution is 0.414. The van der Waals surface area contributed by atoms with Crippen molar-refractivity contribution in [2.45, 2.75) is 18.3 Å². The molecule has 1 heteroatoms. The van der Waals surface area contributed by atoms with Crippen LogP contribution in [0.1, 0.15) is 29.4 Å². The number of ether oxygens (including phenoxy) is 1. The van der Waals surface area contributed by atoms with E-state index in [0.717, 1.165) is 5.75 Å². The second-order valence-electron chi connectivity index (χ2n) is 4.64. The lowest BCUT2D eigenvalue weighted by Crippen LogP contribution is -1.87. The summed E-state index contributed by atoms with van der Waals surface area (Å²) in [5, 5.41) is 0. The minimum atomic E-state index is 0.674. The van der Waals surface area contributed by atoms with E-state index in [-0.39, 0.29) is 0 Å². The average Bonchev–Trinajstić information content (AvgIpc) is 3.20. The van der Waals surface area contributed by atoms with Gasteiger partial charge < -0.3 is 4.74 Å². The summed E-state index contributed by atoms with van der Waals surface area (Å²) >= 11 is 0. The van der Waals surface area contributed by atoms with Crippen LogP contribution in [0.25, 0.3) is 0 Å². The molecule has 2 aromatic rings. The molecule has 0 saturated heterocycles. The summed E-state index contributed by atoms with van der Waals surface area (Å²) in [5.74, 6) is 2.33. The van der Waals surface area contributed by atoms with Crippen molar-refractivity contribution in [1.29, 1.82) is 0 Å². The Morgan fingerprint density at radius 1 is 0.882 bits per heavy atom. The molecule has 17 heavy (non-hydrogen) atoms. The van der Waals surface area contributed by atoms with E-state index in [2.05, 4.69) is 48.5 Å². The Hall–Kier alpha value is -1.76. The maximum atomic E-state index is 5.27. The molecule has 0 radical (unpaired) electrons. The van der Waals surface area contributed by atoms with Gasteiger partial charge in [0.2, 0.25) is 0 Å². The van der Waals surface area contributed by atoms with Crippen LogP contribution in [0, 0.1) is 0 Å². The van der Waals surface area contributed by atoms with Crippen LogP contribution in [-0.4, -0.2) is 7.11 Å². The molecule has 2 atom stereocenters. The minimum absolute atomic E-state index is 0.674. The molecule has 0 spiro atoms. The lowest BCUT2D eigenvalue weighted by atomic mass is 10.0. The number of rotatable bonds is 3. The quantitative estimate of drug-likeness (QED) is 0.766. The normalized spacial score (nSPS) is 22.2. The summed E-state index contributed by atoms with van der Waals surface area (Å²) in [7, 11) is 1.72. The highest BCUT2D eigenvalue weighted by Gasteiger charge is 2.39. The Balaban J connectivity index is 1.80. The van der Waals surface area contributed by atoms with E-state index in [0.29, 0.717) is 11.8 Å². The second-order valence-corrected chi connectivity index (χ2v) is 4.64. The molecule has 0 aliphatic heterocycles. The molecule has 3 rings (SSSR count). The third-order valence-corrected chi connectivity index (χ3v) is 3.54. The second kappa shape index (κ2) is 4.25. The van der Waals surface area contributed by atoms with Crippen LogP contribution in [0.2, 0.25) is 0 Å². The van der Waals surface area contributed by atoms with E-state index in [1.165, 1.54) is 17.5 Å². The zero-order chi connectivity index (χ0) is 11.7. The molecular weight excluding hydrogens is 208 g/mol. The van der Waals surface area contributed by atoms with Gasteiger partial charge in [0.05, 0.1) is 7.11 Å². The standard InChI is InChI=1S/C16H16O/c1-17-14-9-5-8-13(10-14)16-11-15(16)12-6-3-2-4-7-12/h2-10,15-16H,11H2,1H3/t15-,16+/m1/s1. The smallest absolute Gasteiger partial charge is 0.119 e. The third-order valence-electron chi connectivity index (χ3n) is 3.54. The van der Waals surface area contributed by atoms with Crippen LogP contribution in [-0.2, 0) is 0 Å². The molecule has 1 saturated carbocycles. The first kappa shape index (κ1) is 10.4. The number of hydrogen-bond acceptors (Lipinski definition) is 1. The third kappa shape index (κ3) is 2.05. The van der Waals surface area contributed by atoms with Gasteiger partial charge >= 0.3 is 0 Å². The maximum Gasteiger partial charge on any atom is 0.119 e. The van der Waals surface area contributed by atoms with E-state index in [9.17, 15) is 0 Å². The Morgan fingerprint density at radius 2 is 1.59 bits per heavy atom. The van der Waals surface area contributed by atoms with Crippen molar-refractivity contribution in [1.82, 2.24) is 0 Å². The summed E-state index contributed by atoms with van der Waals surface area (Å²) in [4.78, 5) is 0. The van der Waals surface area contributed by atoms with Gasteiger partial charge in [-0.3, -0.25) is 0 Å². The van der Waals surface area contributed by atoms with Crippen molar-refractivity contribution in [3.63, 3.8) is 0 Å². The van der Waals surface area contributed by atoms with Gasteiger partial charge in [0.15, 0.2) is 0 Å². The molecular formula is C16H16O. The Bertz CT molecular complexity index is 504. The average molecular weight is 224 g/mol. The molecule has 1 aliphatic rings. The molecule has 86 valence electrons. The summed E-state index contributed by atoms with van der Waals surface area (Å²) < 4.78 is 5.27. The number of benzene rings is 2. The van der Waals surface area contributed by atoms with E-state index < -0.39 is 0 Å². The van der Waals surface area contributed by atoms with Crippen LogP contribution in [0.5, 0.6) is 5.75 Å². The Kier molecular flexibility index (Phi) is 2.60. The molecule has 0 bridgehead atoms. The largest absolute Gasteiger partial charge is 0.497 e. The van der Waals surface area contributed by atoms with Crippen molar-refractivity contribution in [3.8, 4) is 5.75 Å². The van der Waals surface area contributed by atoms with Crippen molar-refractivity contribution < 1.29 is 4.74 Å². The molecule has 1 fully saturated rings. The summed E-state index contributed by atoms with van der Waals surface area (Å²) in [6.07, 6.45) is 1.26. The molecule has 0 N–H and O–H groups in total. The first-order chi connectivity index (χ1) is 8.38. The minimum Gasteiger partial charge on any atom is -0.497 e. The van der Waals surface area contributed by atoms with E-state index in [1.54, 1.807) is 7.11 Å². The first-order valence-electron chi connectivity index (χ1n) is 6.07. The van der Waals surface area contributed by atoms with Gasteiger partial charge in [-0.25, -0.2) is 0 Å². The van der Waals surface area contributed by atoms with Gasteiger partial charge in [0.25, 0.3) is 0 Å². The summed E-state index contributed by atoms with van der Waals surface area (Å²) in [6.45, 7) is 0. The fourth-order valence-corrected chi connectivity index (χ4v) is 2.50. The predicted octanol–water partition coefficient (Wildman–Crippen LogP) is 3.97. The van der Waals surface area contributed by atoms with Gasteiger partial charge in [-0.05, 0) is 41.5 Å². The highest BCUT2D eigenvalue weighted by Crippen LogP contribution is 2.54. The SMILES string of the molecule is COc1cccc([C@@H]2C[C@@H]2c2ccccc2)c1. The summed E-state index contributed by atoms with van der Waals surface area (Å²) in [5.41, 5.74) is 2.86. The van der Waals surface area contributed by atoms with Gasteiger partial charge in [0, 0.05) is 0 Å². The van der Waals surface area contributed by atoms with Gasteiger partial charge in [-0.1, -0.05) is 42.5 Å². The zero-order valence-electron chi connectivity index (χ0n) is 9.97. The highest BCUT2D eigenvalue weighted by molar-refractivity contribution is 5.39. The molecule has 1 aliphatic carbocycles. The number of methoxy groups -OCH3 is 1. The zero-order valence-corrected chi connectivity index (χ0v) is 9.97. The fourth-order valence-electron chi connectivity index (χ4n) is 2.50. The number of hydrogen-bond donors (Lipinski definition) is 0. The van der Waals surface area contributed by atoms with Gasteiger partial charge in [-0.15, -0.1) is 0 Å². The van der Waals surface area contributed by atoms with Crippen molar-refractivity contribution >= 4 is 0 Å². The van der Waals surface area contributed by atoms with E-state index in [1.807, 2.05) is 6.07 Å². The predicted molar refractivity (Wildman–Crippen MR) is 69.5 cm³/mol. The van der Waals surface area contributed by atoms with Crippen molar-refractivity contribution in [3.05, 3.63) is 65.7 Å². The van der Waals surface area contributed by atoms with Crippen LogP contribution >= 0.6 is 0 Å².